The minimum atomic E-state index is -1.35. The van der Waals surface area contributed by atoms with Crippen LogP contribution in [0.5, 0.6) is 0 Å². The summed E-state index contributed by atoms with van der Waals surface area (Å²) in [6, 6.07) is 9.45. The van der Waals surface area contributed by atoms with Gasteiger partial charge in [-0.05, 0) is 18.4 Å². The van der Waals surface area contributed by atoms with Gasteiger partial charge in [-0.15, -0.1) is 0 Å². The van der Waals surface area contributed by atoms with Gasteiger partial charge in [0.25, 0.3) is 5.91 Å². The molecule has 2 amide bonds. The van der Waals surface area contributed by atoms with Crippen LogP contribution in [0, 0.1) is 11.3 Å². The normalized spacial score (nSPS) is 13.0. The van der Waals surface area contributed by atoms with Crippen molar-refractivity contribution < 1.29 is 14.7 Å². The van der Waals surface area contributed by atoms with E-state index in [1.165, 1.54) is 0 Å². The summed E-state index contributed by atoms with van der Waals surface area (Å²) in [5.74, 6) is -1.37. The molecule has 0 aliphatic carbocycles. The predicted octanol–water partition coefficient (Wildman–Crippen LogP) is 0.384. The van der Waals surface area contributed by atoms with E-state index >= 15 is 0 Å². The van der Waals surface area contributed by atoms with E-state index in [0.717, 1.165) is 0 Å². The van der Waals surface area contributed by atoms with Crippen LogP contribution in [0.1, 0.15) is 30.9 Å². The lowest BCUT2D eigenvalue weighted by molar-refractivity contribution is -0.133. The monoisotopic (exact) mass is 275 g/mol. The van der Waals surface area contributed by atoms with Gasteiger partial charge in [0.1, 0.15) is 6.04 Å². The van der Waals surface area contributed by atoms with E-state index in [1.54, 1.807) is 30.3 Å². The second-order valence-corrected chi connectivity index (χ2v) is 4.33. The molecule has 0 aliphatic rings. The zero-order valence-electron chi connectivity index (χ0n) is 11.0. The third kappa shape index (κ3) is 4.71. The molecule has 0 unspecified atom stereocenters. The van der Waals surface area contributed by atoms with E-state index in [2.05, 4.69) is 5.32 Å². The van der Waals surface area contributed by atoms with E-state index < -0.39 is 24.0 Å². The predicted molar refractivity (Wildman–Crippen MR) is 72.0 cm³/mol. The van der Waals surface area contributed by atoms with Crippen molar-refractivity contribution in [2.24, 2.45) is 5.73 Å². The highest BCUT2D eigenvalue weighted by molar-refractivity contribution is 5.88. The number of benzene rings is 1. The van der Waals surface area contributed by atoms with Gasteiger partial charge in [-0.2, -0.15) is 5.26 Å². The Morgan fingerprint density at radius 3 is 2.55 bits per heavy atom. The summed E-state index contributed by atoms with van der Waals surface area (Å²) < 4.78 is 0. The molecule has 0 spiro atoms. The van der Waals surface area contributed by atoms with Gasteiger partial charge in [-0.1, -0.05) is 30.3 Å². The first-order valence-electron chi connectivity index (χ1n) is 6.26. The molecule has 2 atom stereocenters. The van der Waals surface area contributed by atoms with Crippen molar-refractivity contribution in [1.82, 2.24) is 5.32 Å². The molecule has 0 saturated carbocycles. The molecule has 20 heavy (non-hydrogen) atoms. The number of aliphatic hydroxyl groups excluding tert-OH is 1. The Bertz CT molecular complexity index is 496. The van der Waals surface area contributed by atoms with Gasteiger partial charge in [-0.25, -0.2) is 0 Å². The van der Waals surface area contributed by atoms with E-state index in [9.17, 15) is 14.7 Å². The van der Waals surface area contributed by atoms with Crippen molar-refractivity contribution in [3.63, 3.8) is 0 Å². The van der Waals surface area contributed by atoms with Crippen LogP contribution in [0.4, 0.5) is 0 Å². The number of nitriles is 1. The Morgan fingerprint density at radius 2 is 2.00 bits per heavy atom. The largest absolute Gasteiger partial charge is 0.378 e. The Hall–Kier alpha value is -2.39. The minimum absolute atomic E-state index is 0.274. The Labute approximate surface area is 117 Å². The summed E-state index contributed by atoms with van der Waals surface area (Å²) in [6.45, 7) is 0. The van der Waals surface area contributed by atoms with E-state index in [1.807, 2.05) is 6.07 Å². The fraction of sp³-hybridized carbons (Fsp3) is 0.357. The standard InChI is InChI=1S/C14H17N3O3/c15-9-5-4-8-11(13(16)19)17-14(20)12(18)10-6-2-1-3-7-10/h1-3,6-7,11-12,18H,4-5,8H2,(H2,16,19)(H,17,20)/t11-,12+/m1/s1. The molecule has 0 radical (unpaired) electrons. The summed E-state index contributed by atoms with van der Waals surface area (Å²) in [4.78, 5) is 23.1. The van der Waals surface area contributed by atoms with Gasteiger partial charge < -0.3 is 16.2 Å². The molecular weight excluding hydrogens is 258 g/mol. The Morgan fingerprint density at radius 1 is 1.35 bits per heavy atom. The molecule has 0 aromatic heterocycles. The maximum atomic E-state index is 11.9. The van der Waals surface area contributed by atoms with Crippen LogP contribution in [-0.2, 0) is 9.59 Å². The molecule has 4 N–H and O–H groups in total. The van der Waals surface area contributed by atoms with Crippen molar-refractivity contribution in [3.8, 4) is 6.07 Å². The molecule has 1 aromatic rings. The summed E-state index contributed by atoms with van der Waals surface area (Å²) in [5, 5.41) is 20.7. The summed E-state index contributed by atoms with van der Waals surface area (Å²) in [6.07, 6.45) is -0.350. The first-order valence-corrected chi connectivity index (χ1v) is 6.26. The third-order valence-electron chi connectivity index (χ3n) is 2.80. The fourth-order valence-electron chi connectivity index (χ4n) is 1.71. The van der Waals surface area contributed by atoms with Crippen LogP contribution < -0.4 is 11.1 Å². The number of nitrogens with zero attached hydrogens (tertiary/aromatic N) is 1. The van der Waals surface area contributed by atoms with Gasteiger partial charge in [0.05, 0.1) is 6.07 Å². The zero-order chi connectivity index (χ0) is 15.0. The number of nitrogens with two attached hydrogens (primary N) is 1. The number of hydrogen-bond acceptors (Lipinski definition) is 4. The van der Waals surface area contributed by atoms with Crippen molar-refractivity contribution in [1.29, 1.82) is 5.26 Å². The van der Waals surface area contributed by atoms with Gasteiger partial charge in [0.15, 0.2) is 6.10 Å². The van der Waals surface area contributed by atoms with Gasteiger partial charge in [0, 0.05) is 6.42 Å². The molecule has 0 aliphatic heterocycles. The van der Waals surface area contributed by atoms with Gasteiger partial charge >= 0.3 is 0 Å². The quantitative estimate of drug-likeness (QED) is 0.624. The van der Waals surface area contributed by atoms with Crippen LogP contribution in [0.3, 0.4) is 0 Å². The second-order valence-electron chi connectivity index (χ2n) is 4.33. The minimum Gasteiger partial charge on any atom is -0.378 e. The number of aliphatic hydroxyl groups is 1. The molecule has 6 heteroatoms. The molecule has 6 nitrogen and oxygen atoms in total. The number of rotatable bonds is 7. The van der Waals surface area contributed by atoms with E-state index in [4.69, 9.17) is 11.0 Å². The number of carbonyl (C=O) groups is 2. The summed E-state index contributed by atoms with van der Waals surface area (Å²) >= 11 is 0. The number of hydrogen-bond donors (Lipinski definition) is 3. The number of unbranched alkanes of at least 4 members (excludes halogenated alkanes) is 1. The van der Waals surface area contributed by atoms with Gasteiger partial charge in [0.2, 0.25) is 5.91 Å². The van der Waals surface area contributed by atoms with Crippen molar-refractivity contribution in [2.75, 3.05) is 0 Å². The number of amides is 2. The zero-order valence-corrected chi connectivity index (χ0v) is 11.0. The van der Waals surface area contributed by atoms with Crippen molar-refractivity contribution in [3.05, 3.63) is 35.9 Å². The Kier molecular flexibility index (Phi) is 6.20. The highest BCUT2D eigenvalue weighted by Gasteiger charge is 2.23. The first-order chi connectivity index (χ1) is 9.56. The lowest BCUT2D eigenvalue weighted by atomic mass is 10.1. The van der Waals surface area contributed by atoms with Crippen molar-refractivity contribution in [2.45, 2.75) is 31.4 Å². The SMILES string of the molecule is N#CCCC[C@@H](NC(=O)[C@@H](O)c1ccccc1)C(N)=O. The highest BCUT2D eigenvalue weighted by atomic mass is 16.3. The Balaban J connectivity index is 2.62. The molecule has 0 bridgehead atoms. The van der Waals surface area contributed by atoms with E-state index in [0.29, 0.717) is 12.0 Å². The molecular formula is C14H17N3O3. The second kappa shape index (κ2) is 7.92. The summed E-state index contributed by atoms with van der Waals surface area (Å²) in [5.41, 5.74) is 5.62. The topological polar surface area (TPSA) is 116 Å². The number of nitrogens with one attached hydrogen (secondary N) is 1. The average molecular weight is 275 g/mol. The molecule has 0 heterocycles. The van der Waals surface area contributed by atoms with Crippen LogP contribution >= 0.6 is 0 Å². The fourth-order valence-corrected chi connectivity index (χ4v) is 1.71. The maximum absolute atomic E-state index is 11.9. The molecule has 0 fully saturated rings. The third-order valence-corrected chi connectivity index (χ3v) is 2.80. The van der Waals surface area contributed by atoms with Crippen LogP contribution in [-0.4, -0.2) is 23.0 Å². The number of carbonyl (C=O) groups excluding carboxylic acids is 2. The molecule has 1 rings (SSSR count). The molecule has 0 saturated heterocycles. The highest BCUT2D eigenvalue weighted by Crippen LogP contribution is 2.12. The van der Waals surface area contributed by atoms with E-state index in [-0.39, 0.29) is 12.8 Å². The summed E-state index contributed by atoms with van der Waals surface area (Å²) in [7, 11) is 0. The van der Waals surface area contributed by atoms with Crippen LogP contribution in [0.25, 0.3) is 0 Å². The first kappa shape index (κ1) is 15.7. The maximum Gasteiger partial charge on any atom is 0.254 e. The van der Waals surface area contributed by atoms with Crippen LogP contribution in [0.15, 0.2) is 30.3 Å². The molecule has 106 valence electrons. The lowest BCUT2D eigenvalue weighted by Gasteiger charge is -2.17. The lowest BCUT2D eigenvalue weighted by Crippen LogP contribution is -2.46. The number of primary amides is 1. The smallest absolute Gasteiger partial charge is 0.254 e. The average Bonchev–Trinajstić information content (AvgIpc) is 2.46. The van der Waals surface area contributed by atoms with Crippen LogP contribution in [0.2, 0.25) is 0 Å². The van der Waals surface area contributed by atoms with Crippen molar-refractivity contribution >= 4 is 11.8 Å². The molecule has 1 aromatic carbocycles. The van der Waals surface area contributed by atoms with Gasteiger partial charge in [-0.3, -0.25) is 9.59 Å².